The normalized spacial score (nSPS) is 10.5. The van der Waals surface area contributed by atoms with Gasteiger partial charge in [-0.1, -0.05) is 53.7 Å². The number of aliphatic hydroxyl groups excluding tert-OH is 1. The van der Waals surface area contributed by atoms with Crippen molar-refractivity contribution in [2.75, 3.05) is 18.9 Å². The zero-order chi connectivity index (χ0) is 24.8. The molecule has 2 aromatic carbocycles. The van der Waals surface area contributed by atoms with Crippen molar-refractivity contribution in [3.8, 4) is 33.5 Å². The number of nitrogens with two attached hydrogens (primary N) is 1. The number of aromatic nitrogens is 2. The fraction of sp³-hybridized carbons (Fsp3) is 0.154. The van der Waals surface area contributed by atoms with Gasteiger partial charge in [-0.05, 0) is 24.6 Å². The maximum Gasteiger partial charge on any atom is 0.236 e. The van der Waals surface area contributed by atoms with Gasteiger partial charge in [0.05, 0.1) is 24.4 Å². The summed E-state index contributed by atoms with van der Waals surface area (Å²) in [6, 6.07) is 17.4. The minimum absolute atomic E-state index is 0.0794. The van der Waals surface area contributed by atoms with Crippen molar-refractivity contribution in [3.63, 3.8) is 0 Å². The number of pyridine rings is 1. The van der Waals surface area contributed by atoms with Gasteiger partial charge in [0.1, 0.15) is 34.3 Å². The highest BCUT2D eigenvalue weighted by molar-refractivity contribution is 7.98. The molecule has 0 unspecified atom stereocenters. The summed E-state index contributed by atoms with van der Waals surface area (Å²) in [6.45, 7) is 9.75. The Hall–Kier alpha value is -3.89. The molecular formula is C26H21N5O2S2. The van der Waals surface area contributed by atoms with Crippen LogP contribution in [0.3, 0.4) is 0 Å². The second kappa shape index (κ2) is 11.0. The van der Waals surface area contributed by atoms with E-state index in [0.29, 0.717) is 33.2 Å². The molecule has 0 aliphatic heterocycles. The largest absolute Gasteiger partial charge is 0.491 e. The van der Waals surface area contributed by atoms with Crippen LogP contribution in [0.4, 0.5) is 11.5 Å². The van der Waals surface area contributed by atoms with Crippen LogP contribution in [-0.2, 0) is 5.75 Å². The van der Waals surface area contributed by atoms with Gasteiger partial charge in [0.25, 0.3) is 0 Å². The van der Waals surface area contributed by atoms with E-state index in [4.69, 9.17) is 27.1 Å². The maximum absolute atomic E-state index is 10.0. The van der Waals surface area contributed by atoms with Gasteiger partial charge in [-0.2, -0.15) is 5.26 Å². The highest BCUT2D eigenvalue weighted by Crippen LogP contribution is 2.42. The summed E-state index contributed by atoms with van der Waals surface area (Å²) in [5.41, 5.74) is 10.8. The number of thiazole rings is 1. The molecule has 0 aliphatic rings. The van der Waals surface area contributed by atoms with Gasteiger partial charge in [-0.15, -0.1) is 11.3 Å². The summed E-state index contributed by atoms with van der Waals surface area (Å²) in [5, 5.41) is 22.3. The van der Waals surface area contributed by atoms with Gasteiger partial charge in [-0.25, -0.2) is 14.8 Å². The molecule has 2 aromatic heterocycles. The molecule has 2 heterocycles. The van der Waals surface area contributed by atoms with Crippen LogP contribution in [0.5, 0.6) is 5.75 Å². The Morgan fingerprint density at radius 1 is 1.14 bits per heavy atom. The lowest BCUT2D eigenvalue weighted by molar-refractivity contribution is 0.201. The number of benzene rings is 2. The smallest absolute Gasteiger partial charge is 0.236 e. The minimum Gasteiger partial charge on any atom is -0.491 e. The molecule has 35 heavy (non-hydrogen) atoms. The van der Waals surface area contributed by atoms with Crippen molar-refractivity contribution >= 4 is 34.6 Å². The van der Waals surface area contributed by atoms with E-state index in [1.54, 1.807) is 35.6 Å². The Morgan fingerprint density at radius 3 is 2.51 bits per heavy atom. The van der Waals surface area contributed by atoms with E-state index < -0.39 is 0 Å². The molecule has 0 amide bonds. The van der Waals surface area contributed by atoms with Crippen LogP contribution < -0.4 is 10.5 Å². The minimum atomic E-state index is -0.0881. The number of thioether (sulfide) groups is 1. The molecule has 9 heteroatoms. The topological polar surface area (TPSA) is 109 Å². The van der Waals surface area contributed by atoms with Gasteiger partial charge in [-0.3, -0.25) is 0 Å². The van der Waals surface area contributed by atoms with Crippen molar-refractivity contribution in [1.29, 1.82) is 5.26 Å². The van der Waals surface area contributed by atoms with Gasteiger partial charge < -0.3 is 15.6 Å². The van der Waals surface area contributed by atoms with Crippen molar-refractivity contribution in [3.05, 3.63) is 82.1 Å². The average Bonchev–Trinajstić information content (AvgIpc) is 3.35. The van der Waals surface area contributed by atoms with Gasteiger partial charge >= 0.3 is 0 Å². The number of aliphatic hydroxyl groups is 1. The predicted octanol–water partition coefficient (Wildman–Crippen LogP) is 5.85. The lowest BCUT2D eigenvalue weighted by Crippen LogP contribution is -2.02. The number of aryl methyl sites for hydroxylation is 1. The zero-order valence-corrected chi connectivity index (χ0v) is 20.5. The fourth-order valence-electron chi connectivity index (χ4n) is 3.40. The number of rotatable bonds is 8. The summed E-state index contributed by atoms with van der Waals surface area (Å²) in [6.07, 6.45) is 0. The second-order valence-corrected chi connectivity index (χ2v) is 9.34. The number of nitrogens with zero attached hydrogens (tertiary/aromatic N) is 4. The van der Waals surface area contributed by atoms with Gasteiger partial charge in [0, 0.05) is 22.3 Å². The Balaban J connectivity index is 1.63. The molecule has 174 valence electrons. The number of anilines is 1. The molecule has 0 aliphatic carbocycles. The summed E-state index contributed by atoms with van der Waals surface area (Å²) < 4.78 is 5.41. The lowest BCUT2D eigenvalue weighted by Gasteiger charge is -2.13. The summed E-state index contributed by atoms with van der Waals surface area (Å²) in [4.78, 5) is 12.7. The summed E-state index contributed by atoms with van der Waals surface area (Å²) in [5.74, 6) is 1.17. The molecule has 0 saturated carbocycles. The molecule has 4 rings (SSSR count). The zero-order valence-electron chi connectivity index (χ0n) is 18.9. The molecule has 0 fully saturated rings. The van der Waals surface area contributed by atoms with Crippen LogP contribution in [0.1, 0.15) is 16.8 Å². The Morgan fingerprint density at radius 2 is 1.86 bits per heavy atom. The molecule has 0 bridgehead atoms. The summed E-state index contributed by atoms with van der Waals surface area (Å²) >= 11 is 2.94. The molecule has 0 spiro atoms. The van der Waals surface area contributed by atoms with Crippen LogP contribution in [0.25, 0.3) is 26.5 Å². The molecule has 0 radical (unpaired) electrons. The van der Waals surface area contributed by atoms with E-state index in [9.17, 15) is 5.26 Å². The lowest BCUT2D eigenvalue weighted by atomic mass is 10.00. The predicted molar refractivity (Wildman–Crippen MR) is 139 cm³/mol. The third-order valence-electron chi connectivity index (χ3n) is 5.10. The molecule has 4 aromatic rings. The molecule has 0 atom stereocenters. The quantitative estimate of drug-likeness (QED) is 0.231. The van der Waals surface area contributed by atoms with Crippen molar-refractivity contribution < 1.29 is 9.84 Å². The number of hydrogen-bond donors (Lipinski definition) is 2. The van der Waals surface area contributed by atoms with Gasteiger partial charge in [0.2, 0.25) is 5.69 Å². The Bertz CT molecular complexity index is 1420. The number of nitrogen functional groups attached to an aromatic ring is 1. The van der Waals surface area contributed by atoms with Crippen molar-refractivity contribution in [2.45, 2.75) is 17.7 Å². The van der Waals surface area contributed by atoms with Crippen molar-refractivity contribution in [1.82, 2.24) is 9.97 Å². The standard InChI is InChI=1S/C26H21N5O2S2/c1-16-3-5-18(6-4-16)25-30-19(14-34-25)15-35-26-21(13-27)22(23(29-2)24(28)31-26)17-7-9-20(10-8-17)33-12-11-32/h3-10,14,32H,11-12,15H2,1H3,(H2,28,31). The first-order valence-corrected chi connectivity index (χ1v) is 12.5. The van der Waals surface area contributed by atoms with E-state index >= 15 is 0 Å². The Labute approximate surface area is 211 Å². The van der Waals surface area contributed by atoms with Crippen LogP contribution in [0.2, 0.25) is 0 Å². The second-order valence-electron chi connectivity index (χ2n) is 7.52. The van der Waals surface area contributed by atoms with Crippen molar-refractivity contribution in [2.24, 2.45) is 0 Å². The third-order valence-corrected chi connectivity index (χ3v) is 7.05. The Kier molecular flexibility index (Phi) is 7.64. The van der Waals surface area contributed by atoms with E-state index in [2.05, 4.69) is 40.2 Å². The van der Waals surface area contributed by atoms with E-state index in [-0.39, 0.29) is 24.7 Å². The number of nitriles is 1. The first-order chi connectivity index (χ1) is 17.0. The molecule has 3 N–H and O–H groups in total. The van der Waals surface area contributed by atoms with Crippen LogP contribution >= 0.6 is 23.1 Å². The van der Waals surface area contributed by atoms with Gasteiger partial charge in [0.15, 0.2) is 0 Å². The van der Waals surface area contributed by atoms with E-state index in [1.165, 1.54) is 17.3 Å². The number of ether oxygens (including phenoxy) is 1. The van der Waals surface area contributed by atoms with Crippen LogP contribution in [0.15, 0.2) is 58.9 Å². The summed E-state index contributed by atoms with van der Waals surface area (Å²) in [7, 11) is 0. The SMILES string of the molecule is [C-]#[N+]c1c(N)nc(SCc2csc(-c3ccc(C)cc3)n2)c(C#N)c1-c1ccc(OCCO)cc1. The van der Waals surface area contributed by atoms with Crippen LogP contribution in [0, 0.1) is 24.8 Å². The monoisotopic (exact) mass is 499 g/mol. The average molecular weight is 500 g/mol. The third kappa shape index (κ3) is 5.44. The first-order valence-electron chi connectivity index (χ1n) is 10.6. The molecule has 7 nitrogen and oxygen atoms in total. The highest BCUT2D eigenvalue weighted by atomic mass is 32.2. The van der Waals surface area contributed by atoms with E-state index in [0.717, 1.165) is 16.3 Å². The fourth-order valence-corrected chi connectivity index (χ4v) is 5.22. The molecule has 0 saturated heterocycles. The molecular weight excluding hydrogens is 478 g/mol. The first kappa shape index (κ1) is 24.2. The van der Waals surface area contributed by atoms with E-state index in [1.807, 2.05) is 12.3 Å². The maximum atomic E-state index is 10.0. The van der Waals surface area contributed by atoms with Crippen LogP contribution in [-0.4, -0.2) is 28.3 Å². The highest BCUT2D eigenvalue weighted by Gasteiger charge is 2.21. The number of hydrogen-bond acceptors (Lipinski definition) is 8.